The van der Waals surface area contributed by atoms with Crippen LogP contribution < -0.4 is 5.32 Å². The van der Waals surface area contributed by atoms with Crippen LogP contribution in [-0.4, -0.2) is 18.2 Å². The number of aliphatic hydroxyl groups is 1. The molecule has 1 saturated heterocycles. The zero-order chi connectivity index (χ0) is 13.2. The van der Waals surface area contributed by atoms with E-state index < -0.39 is 6.10 Å². The second-order valence-electron chi connectivity index (χ2n) is 5.23. The molecule has 2 nitrogen and oxygen atoms in total. The van der Waals surface area contributed by atoms with Gasteiger partial charge in [-0.25, -0.2) is 4.39 Å². The maximum atomic E-state index is 13.8. The van der Waals surface area contributed by atoms with Gasteiger partial charge < -0.3 is 10.4 Å². The normalized spacial score (nSPS) is 21.5. The third kappa shape index (κ3) is 2.36. The maximum absolute atomic E-state index is 13.8. The first-order chi connectivity index (χ1) is 9.27. The van der Waals surface area contributed by atoms with Gasteiger partial charge in [-0.2, -0.15) is 0 Å². The average Bonchev–Trinajstić information content (AvgIpc) is 2.48. The number of halogens is 1. The van der Waals surface area contributed by atoms with Crippen molar-refractivity contribution in [2.75, 3.05) is 13.1 Å². The number of rotatable bonds is 2. The monoisotopic (exact) mass is 259 g/mol. The molecule has 1 aliphatic rings. The Morgan fingerprint density at radius 1 is 1.16 bits per heavy atom. The van der Waals surface area contributed by atoms with E-state index in [1.54, 1.807) is 12.1 Å². The van der Waals surface area contributed by atoms with Gasteiger partial charge in [-0.3, -0.25) is 0 Å². The second-order valence-corrected chi connectivity index (χ2v) is 5.23. The van der Waals surface area contributed by atoms with Crippen molar-refractivity contribution < 1.29 is 9.50 Å². The lowest BCUT2D eigenvalue weighted by atomic mass is 9.87. The SMILES string of the molecule is OC(c1ccc(F)c2ccccc12)C1CCCNC1. The first-order valence-electron chi connectivity index (χ1n) is 6.83. The first kappa shape index (κ1) is 12.6. The standard InChI is InChI=1S/C16H18FNO/c17-15-8-7-14(12-5-1-2-6-13(12)15)16(19)11-4-3-9-18-10-11/h1-2,5-8,11,16,18-19H,3-4,9-10H2. The average molecular weight is 259 g/mol. The van der Waals surface area contributed by atoms with Crippen LogP contribution in [0.3, 0.4) is 0 Å². The lowest BCUT2D eigenvalue weighted by Gasteiger charge is -2.28. The zero-order valence-electron chi connectivity index (χ0n) is 10.8. The largest absolute Gasteiger partial charge is 0.388 e. The molecule has 1 fully saturated rings. The van der Waals surface area contributed by atoms with Crippen molar-refractivity contribution in [2.24, 2.45) is 5.92 Å². The molecule has 1 aliphatic heterocycles. The minimum absolute atomic E-state index is 0.211. The predicted octanol–water partition coefficient (Wildman–Crippen LogP) is 3.01. The fourth-order valence-corrected chi connectivity index (χ4v) is 2.95. The number of nitrogens with one attached hydrogen (secondary N) is 1. The molecule has 3 rings (SSSR count). The van der Waals surface area contributed by atoms with Gasteiger partial charge in [0, 0.05) is 17.8 Å². The van der Waals surface area contributed by atoms with Crippen molar-refractivity contribution >= 4 is 10.8 Å². The number of fused-ring (bicyclic) bond motifs is 1. The smallest absolute Gasteiger partial charge is 0.131 e. The van der Waals surface area contributed by atoms with Gasteiger partial charge >= 0.3 is 0 Å². The van der Waals surface area contributed by atoms with Crippen LogP contribution in [-0.2, 0) is 0 Å². The third-order valence-electron chi connectivity index (χ3n) is 4.00. The lowest BCUT2D eigenvalue weighted by Crippen LogP contribution is -2.33. The van der Waals surface area contributed by atoms with E-state index in [1.807, 2.05) is 18.2 Å². The highest BCUT2D eigenvalue weighted by Crippen LogP contribution is 2.32. The molecule has 0 aromatic heterocycles. The molecule has 0 amide bonds. The number of hydrogen-bond acceptors (Lipinski definition) is 2. The molecule has 2 aromatic carbocycles. The van der Waals surface area contributed by atoms with E-state index in [0.717, 1.165) is 36.9 Å². The summed E-state index contributed by atoms with van der Waals surface area (Å²) in [4.78, 5) is 0. The van der Waals surface area contributed by atoms with Crippen molar-refractivity contribution in [3.05, 3.63) is 47.8 Å². The third-order valence-corrected chi connectivity index (χ3v) is 4.00. The minimum Gasteiger partial charge on any atom is -0.388 e. The summed E-state index contributed by atoms with van der Waals surface area (Å²) >= 11 is 0. The molecule has 19 heavy (non-hydrogen) atoms. The van der Waals surface area contributed by atoms with Gasteiger partial charge in [-0.15, -0.1) is 0 Å². The number of piperidine rings is 1. The van der Waals surface area contributed by atoms with E-state index in [0.29, 0.717) is 5.39 Å². The molecule has 100 valence electrons. The Bertz CT molecular complexity index is 578. The molecule has 0 radical (unpaired) electrons. The Morgan fingerprint density at radius 3 is 2.68 bits per heavy atom. The van der Waals surface area contributed by atoms with Crippen LogP contribution in [0.25, 0.3) is 10.8 Å². The Balaban J connectivity index is 2.02. The van der Waals surface area contributed by atoms with Crippen molar-refractivity contribution in [3.8, 4) is 0 Å². The van der Waals surface area contributed by atoms with E-state index in [-0.39, 0.29) is 11.7 Å². The summed E-state index contributed by atoms with van der Waals surface area (Å²) < 4.78 is 13.8. The maximum Gasteiger partial charge on any atom is 0.131 e. The van der Waals surface area contributed by atoms with Crippen LogP contribution in [0.2, 0.25) is 0 Å². The molecule has 0 aliphatic carbocycles. The van der Waals surface area contributed by atoms with E-state index in [4.69, 9.17) is 0 Å². The summed E-state index contributed by atoms with van der Waals surface area (Å²) in [6.45, 7) is 1.85. The van der Waals surface area contributed by atoms with E-state index in [9.17, 15) is 9.50 Å². The van der Waals surface area contributed by atoms with Gasteiger partial charge in [0.25, 0.3) is 0 Å². The highest BCUT2D eigenvalue weighted by molar-refractivity contribution is 5.86. The summed E-state index contributed by atoms with van der Waals surface area (Å²) in [5.74, 6) is -0.0177. The molecule has 0 spiro atoms. The molecule has 2 N–H and O–H groups in total. The molecular formula is C16H18FNO. The first-order valence-corrected chi connectivity index (χ1v) is 6.83. The van der Waals surface area contributed by atoms with Gasteiger partial charge in [0.15, 0.2) is 0 Å². The molecule has 2 atom stereocenters. The topological polar surface area (TPSA) is 32.3 Å². The summed E-state index contributed by atoms with van der Waals surface area (Å²) in [6, 6.07) is 10.5. The quantitative estimate of drug-likeness (QED) is 0.869. The fraction of sp³-hybridized carbons (Fsp3) is 0.375. The fourth-order valence-electron chi connectivity index (χ4n) is 2.95. The van der Waals surface area contributed by atoms with Crippen LogP contribution >= 0.6 is 0 Å². The van der Waals surface area contributed by atoms with Crippen LogP contribution in [0.4, 0.5) is 4.39 Å². The van der Waals surface area contributed by atoms with Crippen LogP contribution in [0.15, 0.2) is 36.4 Å². The van der Waals surface area contributed by atoms with Crippen LogP contribution in [0.5, 0.6) is 0 Å². The van der Waals surface area contributed by atoms with E-state index >= 15 is 0 Å². The van der Waals surface area contributed by atoms with Crippen LogP contribution in [0.1, 0.15) is 24.5 Å². The molecule has 2 unspecified atom stereocenters. The summed E-state index contributed by atoms with van der Waals surface area (Å²) in [6.07, 6.45) is 1.57. The van der Waals surface area contributed by atoms with Gasteiger partial charge in [0.1, 0.15) is 5.82 Å². The van der Waals surface area contributed by atoms with Gasteiger partial charge in [-0.1, -0.05) is 30.3 Å². The Labute approximate surface area is 112 Å². The molecule has 2 aromatic rings. The number of aliphatic hydroxyl groups excluding tert-OH is 1. The Hall–Kier alpha value is -1.45. The summed E-state index contributed by atoms with van der Waals surface area (Å²) in [5.41, 5.74) is 0.839. The predicted molar refractivity (Wildman–Crippen MR) is 74.5 cm³/mol. The minimum atomic E-state index is -0.529. The van der Waals surface area contributed by atoms with Crippen molar-refractivity contribution in [2.45, 2.75) is 18.9 Å². The van der Waals surface area contributed by atoms with Gasteiger partial charge in [0.2, 0.25) is 0 Å². The molecule has 1 heterocycles. The summed E-state index contributed by atoms with van der Waals surface area (Å²) in [7, 11) is 0. The molecular weight excluding hydrogens is 241 g/mol. The van der Waals surface area contributed by atoms with Crippen LogP contribution in [0, 0.1) is 11.7 Å². The van der Waals surface area contributed by atoms with Crippen molar-refractivity contribution in [3.63, 3.8) is 0 Å². The van der Waals surface area contributed by atoms with E-state index in [1.165, 1.54) is 6.07 Å². The molecule has 0 bridgehead atoms. The van der Waals surface area contributed by atoms with Gasteiger partial charge in [0.05, 0.1) is 6.10 Å². The van der Waals surface area contributed by atoms with Gasteiger partial charge in [-0.05, 0) is 36.4 Å². The molecule has 0 saturated carbocycles. The zero-order valence-corrected chi connectivity index (χ0v) is 10.8. The Morgan fingerprint density at radius 2 is 1.95 bits per heavy atom. The number of benzene rings is 2. The van der Waals surface area contributed by atoms with E-state index in [2.05, 4.69) is 5.32 Å². The highest BCUT2D eigenvalue weighted by atomic mass is 19.1. The van der Waals surface area contributed by atoms with Crippen molar-refractivity contribution in [1.29, 1.82) is 0 Å². The highest BCUT2D eigenvalue weighted by Gasteiger charge is 2.24. The lowest BCUT2D eigenvalue weighted by molar-refractivity contribution is 0.0934. The second kappa shape index (κ2) is 5.27. The number of hydrogen-bond donors (Lipinski definition) is 2. The van der Waals surface area contributed by atoms with Crippen molar-refractivity contribution in [1.82, 2.24) is 5.32 Å². The Kier molecular flexibility index (Phi) is 3.49. The molecule has 3 heteroatoms. The summed E-state index contributed by atoms with van der Waals surface area (Å²) in [5, 5.41) is 15.3.